The third kappa shape index (κ3) is 4.79. The van der Waals surface area contributed by atoms with Crippen molar-refractivity contribution in [3.8, 4) is 0 Å². The number of carbonyl (C=O) groups is 1. The summed E-state index contributed by atoms with van der Waals surface area (Å²) in [5.74, 6) is -3.84. The third-order valence-electron chi connectivity index (χ3n) is 4.67. The molecule has 8 heteroatoms. The lowest BCUT2D eigenvalue weighted by atomic mass is 9.84. The summed E-state index contributed by atoms with van der Waals surface area (Å²) >= 11 is 0. The van der Waals surface area contributed by atoms with Gasteiger partial charge in [0.15, 0.2) is 0 Å². The van der Waals surface area contributed by atoms with E-state index in [1.165, 1.54) is 0 Å². The maximum absolute atomic E-state index is 12.7. The molecule has 0 spiro atoms. The van der Waals surface area contributed by atoms with Crippen molar-refractivity contribution in [3.05, 3.63) is 0 Å². The largest absolute Gasteiger partial charge is 0.374 e. The molecule has 0 saturated carbocycles. The minimum Gasteiger partial charge on any atom is -0.374 e. The zero-order valence-electron chi connectivity index (χ0n) is 13.3. The molecule has 0 aromatic rings. The molecule has 0 radical (unpaired) electrons. The van der Waals surface area contributed by atoms with E-state index in [1.807, 2.05) is 4.90 Å². The van der Waals surface area contributed by atoms with Gasteiger partial charge in [-0.1, -0.05) is 0 Å². The van der Waals surface area contributed by atoms with Crippen LogP contribution in [0.15, 0.2) is 0 Å². The van der Waals surface area contributed by atoms with Crippen LogP contribution in [0.4, 0.5) is 17.6 Å². The summed E-state index contributed by atoms with van der Waals surface area (Å²) in [5, 5.41) is 0. The first-order chi connectivity index (χ1) is 10.8. The van der Waals surface area contributed by atoms with Crippen LogP contribution in [-0.2, 0) is 9.53 Å². The van der Waals surface area contributed by atoms with Gasteiger partial charge in [0.25, 0.3) is 0 Å². The van der Waals surface area contributed by atoms with Crippen molar-refractivity contribution in [2.75, 3.05) is 39.9 Å². The zero-order chi connectivity index (χ0) is 17.0. The van der Waals surface area contributed by atoms with Crippen LogP contribution in [0.1, 0.15) is 25.7 Å². The van der Waals surface area contributed by atoms with Crippen LogP contribution in [0.25, 0.3) is 0 Å². The number of likely N-dealkylation sites (tertiary alicyclic amines) is 2. The monoisotopic (exact) mass is 340 g/mol. The van der Waals surface area contributed by atoms with Crippen LogP contribution in [-0.4, -0.2) is 74.0 Å². The molecule has 0 aliphatic carbocycles. The third-order valence-corrected chi connectivity index (χ3v) is 4.67. The molecule has 2 heterocycles. The van der Waals surface area contributed by atoms with Crippen LogP contribution in [0.5, 0.6) is 0 Å². The van der Waals surface area contributed by atoms with Gasteiger partial charge in [0.05, 0.1) is 13.0 Å². The van der Waals surface area contributed by atoms with Crippen molar-refractivity contribution < 1.29 is 27.1 Å². The Balaban J connectivity index is 1.77. The molecule has 4 nitrogen and oxygen atoms in total. The first kappa shape index (κ1) is 18.4. The van der Waals surface area contributed by atoms with Crippen molar-refractivity contribution in [2.24, 2.45) is 5.92 Å². The number of rotatable bonds is 6. The Morgan fingerprint density at radius 3 is 2.74 bits per heavy atom. The number of fused-ring (bicyclic) bond motifs is 1. The molecule has 2 fully saturated rings. The Hall–Kier alpha value is -0.890. The lowest BCUT2D eigenvalue weighted by molar-refractivity contribution is -0.167. The van der Waals surface area contributed by atoms with Crippen LogP contribution < -0.4 is 0 Å². The fourth-order valence-corrected chi connectivity index (χ4v) is 3.47. The smallest absolute Gasteiger partial charge is 0.330 e. The summed E-state index contributed by atoms with van der Waals surface area (Å²) in [7, 11) is 2.06. The van der Waals surface area contributed by atoms with Gasteiger partial charge in [-0.3, -0.25) is 4.79 Å². The van der Waals surface area contributed by atoms with Crippen molar-refractivity contribution in [3.63, 3.8) is 0 Å². The molecule has 2 aliphatic rings. The summed E-state index contributed by atoms with van der Waals surface area (Å²) in [5.41, 5.74) is 0. The number of hydrogen-bond donors (Lipinski definition) is 0. The Kier molecular flexibility index (Phi) is 6.25. The standard InChI is InChI=1S/C15H24F4N2O2/c1-20-7-4-12-11(9-20)3-2-6-21(12)13(22)5-8-23-10-15(18,19)14(16)17/h11-12,14H,2-10H2,1H3/t11-,12+/m1/s1. The van der Waals surface area contributed by atoms with Gasteiger partial charge in [-0.25, -0.2) is 8.78 Å². The number of amides is 1. The highest BCUT2D eigenvalue weighted by atomic mass is 19.3. The lowest BCUT2D eigenvalue weighted by Gasteiger charge is -2.46. The minimum atomic E-state index is -4.16. The highest BCUT2D eigenvalue weighted by Gasteiger charge is 2.41. The number of nitrogens with zero attached hydrogens (tertiary/aromatic N) is 2. The fourth-order valence-electron chi connectivity index (χ4n) is 3.47. The molecule has 1 amide bonds. The molecular weight excluding hydrogens is 316 g/mol. The number of piperidine rings is 2. The van der Waals surface area contributed by atoms with Crippen LogP contribution in [0.3, 0.4) is 0 Å². The van der Waals surface area contributed by atoms with Gasteiger partial charge in [-0.15, -0.1) is 0 Å². The average molecular weight is 340 g/mol. The van der Waals surface area contributed by atoms with Crippen molar-refractivity contribution in [1.82, 2.24) is 9.80 Å². The maximum atomic E-state index is 12.7. The Labute approximate surface area is 133 Å². The van der Waals surface area contributed by atoms with Crippen LogP contribution in [0, 0.1) is 5.92 Å². The van der Waals surface area contributed by atoms with E-state index in [4.69, 9.17) is 0 Å². The second-order valence-electron chi connectivity index (χ2n) is 6.47. The first-order valence-corrected chi connectivity index (χ1v) is 8.03. The molecule has 2 aliphatic heterocycles. The van der Waals surface area contributed by atoms with Gasteiger partial charge in [0.2, 0.25) is 5.91 Å². The summed E-state index contributed by atoms with van der Waals surface area (Å²) in [6, 6.07) is 0.204. The lowest BCUT2D eigenvalue weighted by Crippen LogP contribution is -2.55. The second kappa shape index (κ2) is 7.79. The Bertz CT molecular complexity index is 409. The van der Waals surface area contributed by atoms with Gasteiger partial charge in [-0.2, -0.15) is 8.78 Å². The minimum absolute atomic E-state index is 0.0433. The molecule has 0 aromatic carbocycles. The van der Waals surface area contributed by atoms with E-state index in [0.29, 0.717) is 12.5 Å². The fraction of sp³-hybridized carbons (Fsp3) is 0.933. The van der Waals surface area contributed by atoms with E-state index in [1.54, 1.807) is 0 Å². The van der Waals surface area contributed by atoms with Gasteiger partial charge in [0, 0.05) is 19.1 Å². The predicted molar refractivity (Wildman–Crippen MR) is 76.7 cm³/mol. The molecule has 0 aromatic heterocycles. The molecule has 2 atom stereocenters. The Morgan fingerprint density at radius 2 is 2.04 bits per heavy atom. The number of halogens is 4. The number of hydrogen-bond acceptors (Lipinski definition) is 3. The van der Waals surface area contributed by atoms with E-state index >= 15 is 0 Å². The van der Waals surface area contributed by atoms with E-state index in [-0.39, 0.29) is 25.0 Å². The molecule has 0 unspecified atom stereocenters. The molecule has 0 bridgehead atoms. The van der Waals surface area contributed by atoms with Gasteiger partial charge in [0.1, 0.15) is 6.61 Å². The Morgan fingerprint density at radius 1 is 1.30 bits per heavy atom. The molecule has 23 heavy (non-hydrogen) atoms. The van der Waals surface area contributed by atoms with Crippen molar-refractivity contribution in [1.29, 1.82) is 0 Å². The highest BCUT2D eigenvalue weighted by Crippen LogP contribution is 2.30. The molecule has 2 rings (SSSR count). The van der Waals surface area contributed by atoms with Crippen molar-refractivity contribution in [2.45, 2.75) is 44.1 Å². The summed E-state index contributed by atoms with van der Waals surface area (Å²) in [6.07, 6.45) is -0.850. The topological polar surface area (TPSA) is 32.8 Å². The van der Waals surface area contributed by atoms with Gasteiger partial charge < -0.3 is 14.5 Å². The summed E-state index contributed by atoms with van der Waals surface area (Å²) in [4.78, 5) is 16.4. The van der Waals surface area contributed by atoms with Crippen molar-refractivity contribution >= 4 is 5.91 Å². The molecule has 134 valence electrons. The molecule has 2 saturated heterocycles. The van der Waals surface area contributed by atoms with E-state index in [0.717, 1.165) is 32.4 Å². The number of alkyl halides is 4. The van der Waals surface area contributed by atoms with E-state index in [9.17, 15) is 22.4 Å². The normalized spacial score (nSPS) is 26.4. The first-order valence-electron chi connectivity index (χ1n) is 8.03. The van der Waals surface area contributed by atoms with E-state index in [2.05, 4.69) is 16.7 Å². The van der Waals surface area contributed by atoms with Crippen LogP contribution >= 0.6 is 0 Å². The number of carbonyl (C=O) groups excluding carboxylic acids is 1. The zero-order valence-corrected chi connectivity index (χ0v) is 13.3. The molecule has 0 N–H and O–H groups in total. The van der Waals surface area contributed by atoms with Gasteiger partial charge in [-0.05, 0) is 38.8 Å². The van der Waals surface area contributed by atoms with E-state index < -0.39 is 19.0 Å². The van der Waals surface area contributed by atoms with Crippen LogP contribution in [0.2, 0.25) is 0 Å². The SMILES string of the molecule is CN1CC[C@H]2[C@H](CCCN2C(=O)CCOCC(F)(F)C(F)F)C1. The highest BCUT2D eigenvalue weighted by molar-refractivity contribution is 5.76. The maximum Gasteiger partial charge on any atom is 0.330 e. The quantitative estimate of drug-likeness (QED) is 0.549. The summed E-state index contributed by atoms with van der Waals surface area (Å²) in [6.45, 7) is 0.967. The molecular formula is C15H24F4N2O2. The second-order valence-corrected chi connectivity index (χ2v) is 6.47. The average Bonchev–Trinajstić information content (AvgIpc) is 2.50. The predicted octanol–water partition coefficient (Wildman–Crippen LogP) is 2.24. The summed E-state index contributed by atoms with van der Waals surface area (Å²) < 4.78 is 54.0. The van der Waals surface area contributed by atoms with Gasteiger partial charge >= 0.3 is 12.3 Å². The number of ether oxygens (including phenoxy) is 1.